The smallest absolute Gasteiger partial charge is 0.382 e. The highest BCUT2D eigenvalue weighted by Gasteiger charge is 2.41. The standard InChI is InChI=1S/C16H31F3N4O/c1-4-20-15(21-8-6-7-13-24-5-2)23-11-9-22(10-12-23)14(3)16(17,18)19/h14H,4-13H2,1-3H3,(H,20,21). The summed E-state index contributed by atoms with van der Waals surface area (Å²) in [5, 5.41) is 3.23. The van der Waals surface area contributed by atoms with Gasteiger partial charge in [0.1, 0.15) is 6.04 Å². The van der Waals surface area contributed by atoms with Gasteiger partial charge in [-0.05, 0) is 33.6 Å². The highest BCUT2D eigenvalue weighted by atomic mass is 19.4. The van der Waals surface area contributed by atoms with Crippen molar-refractivity contribution in [2.75, 3.05) is 52.5 Å². The van der Waals surface area contributed by atoms with Gasteiger partial charge in [0.15, 0.2) is 5.96 Å². The van der Waals surface area contributed by atoms with Gasteiger partial charge in [-0.3, -0.25) is 9.89 Å². The van der Waals surface area contributed by atoms with Crippen LogP contribution < -0.4 is 5.32 Å². The van der Waals surface area contributed by atoms with E-state index in [4.69, 9.17) is 4.74 Å². The lowest BCUT2D eigenvalue weighted by Gasteiger charge is -2.39. The second-order valence-electron chi connectivity index (χ2n) is 5.88. The van der Waals surface area contributed by atoms with Crippen LogP contribution in [0.2, 0.25) is 0 Å². The summed E-state index contributed by atoms with van der Waals surface area (Å²) in [5.41, 5.74) is 0. The molecule has 0 aromatic heterocycles. The molecule has 0 saturated carbocycles. The Balaban J connectivity index is 2.44. The van der Waals surface area contributed by atoms with Crippen LogP contribution in [0.5, 0.6) is 0 Å². The molecular formula is C16H31F3N4O. The van der Waals surface area contributed by atoms with E-state index in [1.54, 1.807) is 0 Å². The van der Waals surface area contributed by atoms with Gasteiger partial charge in [-0.2, -0.15) is 13.2 Å². The fraction of sp³-hybridized carbons (Fsp3) is 0.938. The minimum Gasteiger partial charge on any atom is -0.382 e. The number of piperazine rings is 1. The number of hydrogen-bond donors (Lipinski definition) is 1. The van der Waals surface area contributed by atoms with Gasteiger partial charge in [0.25, 0.3) is 0 Å². The molecule has 0 aromatic carbocycles. The zero-order chi connectivity index (χ0) is 18.0. The van der Waals surface area contributed by atoms with E-state index in [0.29, 0.717) is 32.7 Å². The molecule has 0 bridgehead atoms. The van der Waals surface area contributed by atoms with Gasteiger partial charge in [0.05, 0.1) is 0 Å². The molecular weight excluding hydrogens is 321 g/mol. The first-order chi connectivity index (χ1) is 11.4. The van der Waals surface area contributed by atoms with E-state index in [9.17, 15) is 13.2 Å². The van der Waals surface area contributed by atoms with Crippen LogP contribution in [0.4, 0.5) is 13.2 Å². The van der Waals surface area contributed by atoms with Crippen LogP contribution in [0.25, 0.3) is 0 Å². The predicted molar refractivity (Wildman–Crippen MR) is 90.4 cm³/mol. The molecule has 142 valence electrons. The summed E-state index contributed by atoms with van der Waals surface area (Å²) in [6, 6.07) is -1.39. The lowest BCUT2D eigenvalue weighted by molar-refractivity contribution is -0.181. The van der Waals surface area contributed by atoms with Crippen molar-refractivity contribution in [2.24, 2.45) is 4.99 Å². The molecule has 0 spiro atoms. The van der Waals surface area contributed by atoms with Crippen molar-refractivity contribution in [2.45, 2.75) is 45.8 Å². The number of aliphatic imine (C=N–C) groups is 1. The Labute approximate surface area is 143 Å². The summed E-state index contributed by atoms with van der Waals surface area (Å²) in [7, 11) is 0. The number of hydrogen-bond acceptors (Lipinski definition) is 3. The van der Waals surface area contributed by atoms with Crippen LogP contribution in [0, 0.1) is 0 Å². The van der Waals surface area contributed by atoms with Gasteiger partial charge in [-0.15, -0.1) is 0 Å². The van der Waals surface area contributed by atoms with Crippen LogP contribution in [-0.2, 0) is 4.74 Å². The number of unbranched alkanes of at least 4 members (excludes halogenated alkanes) is 1. The monoisotopic (exact) mass is 352 g/mol. The molecule has 0 radical (unpaired) electrons. The molecule has 5 nitrogen and oxygen atoms in total. The summed E-state index contributed by atoms with van der Waals surface area (Å²) >= 11 is 0. The number of ether oxygens (including phenoxy) is 1. The zero-order valence-electron chi connectivity index (χ0n) is 15.0. The van der Waals surface area contributed by atoms with Crippen molar-refractivity contribution in [3.63, 3.8) is 0 Å². The van der Waals surface area contributed by atoms with E-state index in [0.717, 1.165) is 38.6 Å². The van der Waals surface area contributed by atoms with Crippen LogP contribution in [0.15, 0.2) is 4.99 Å². The van der Waals surface area contributed by atoms with E-state index in [1.807, 2.05) is 18.7 Å². The van der Waals surface area contributed by atoms with Crippen molar-refractivity contribution >= 4 is 5.96 Å². The lowest BCUT2D eigenvalue weighted by atomic mass is 10.2. The second kappa shape index (κ2) is 10.8. The van der Waals surface area contributed by atoms with Gasteiger partial charge >= 0.3 is 6.18 Å². The quantitative estimate of drug-likeness (QED) is 0.414. The summed E-state index contributed by atoms with van der Waals surface area (Å²) in [6.45, 7) is 10.0. The average molecular weight is 352 g/mol. The third-order valence-corrected chi connectivity index (χ3v) is 4.13. The van der Waals surface area contributed by atoms with Crippen LogP contribution in [0.3, 0.4) is 0 Å². The van der Waals surface area contributed by atoms with Gasteiger partial charge < -0.3 is 15.0 Å². The largest absolute Gasteiger partial charge is 0.403 e. The van der Waals surface area contributed by atoms with Crippen LogP contribution >= 0.6 is 0 Å². The Morgan fingerprint density at radius 3 is 2.38 bits per heavy atom. The molecule has 0 aromatic rings. The molecule has 1 rings (SSSR count). The number of halogens is 3. The molecule has 1 aliphatic rings. The minimum atomic E-state index is -4.17. The Morgan fingerprint density at radius 1 is 1.17 bits per heavy atom. The summed E-state index contributed by atoms with van der Waals surface area (Å²) in [5.74, 6) is 0.799. The molecule has 1 aliphatic heterocycles. The van der Waals surface area contributed by atoms with Gasteiger partial charge in [0.2, 0.25) is 0 Å². The Hall–Kier alpha value is -1.02. The number of rotatable bonds is 8. The summed E-state index contributed by atoms with van der Waals surface area (Å²) in [4.78, 5) is 8.12. The molecule has 1 atom stereocenters. The maximum Gasteiger partial charge on any atom is 0.403 e. The summed E-state index contributed by atoms with van der Waals surface area (Å²) in [6.07, 6.45) is -2.26. The molecule has 24 heavy (non-hydrogen) atoms. The molecule has 0 amide bonds. The number of guanidine groups is 1. The van der Waals surface area contributed by atoms with E-state index in [-0.39, 0.29) is 0 Å². The van der Waals surface area contributed by atoms with Gasteiger partial charge in [-0.25, -0.2) is 0 Å². The molecule has 1 unspecified atom stereocenters. The van der Waals surface area contributed by atoms with Crippen LogP contribution in [-0.4, -0.2) is 80.5 Å². The molecule has 1 saturated heterocycles. The zero-order valence-corrected chi connectivity index (χ0v) is 15.0. The second-order valence-corrected chi connectivity index (χ2v) is 5.88. The first kappa shape index (κ1) is 21.0. The number of alkyl halides is 3. The normalized spacial score (nSPS) is 18.8. The van der Waals surface area contributed by atoms with Crippen molar-refractivity contribution < 1.29 is 17.9 Å². The SMILES string of the molecule is CCNC(=NCCCCOCC)N1CCN(C(C)C(F)(F)F)CC1. The van der Waals surface area contributed by atoms with Crippen molar-refractivity contribution in [1.82, 2.24) is 15.1 Å². The molecule has 1 heterocycles. The topological polar surface area (TPSA) is 40.1 Å². The van der Waals surface area contributed by atoms with E-state index >= 15 is 0 Å². The Bertz CT molecular complexity index is 369. The third-order valence-electron chi connectivity index (χ3n) is 4.13. The first-order valence-corrected chi connectivity index (χ1v) is 8.81. The number of nitrogens with one attached hydrogen (secondary N) is 1. The van der Waals surface area contributed by atoms with Gasteiger partial charge in [0, 0.05) is 52.5 Å². The average Bonchev–Trinajstić information content (AvgIpc) is 2.55. The number of nitrogens with zero attached hydrogens (tertiary/aromatic N) is 3. The van der Waals surface area contributed by atoms with Crippen molar-refractivity contribution in [3.8, 4) is 0 Å². The predicted octanol–water partition coefficient (Wildman–Crippen LogP) is 2.34. The van der Waals surface area contributed by atoms with Crippen LogP contribution in [0.1, 0.15) is 33.6 Å². The Morgan fingerprint density at radius 2 is 1.83 bits per heavy atom. The fourth-order valence-electron chi connectivity index (χ4n) is 2.60. The molecule has 1 N–H and O–H groups in total. The maximum atomic E-state index is 12.8. The summed E-state index contributed by atoms with van der Waals surface area (Å²) < 4.78 is 43.7. The first-order valence-electron chi connectivity index (χ1n) is 8.81. The minimum absolute atomic E-state index is 0.398. The fourth-order valence-corrected chi connectivity index (χ4v) is 2.60. The Kier molecular flexibility index (Phi) is 9.43. The highest BCUT2D eigenvalue weighted by molar-refractivity contribution is 5.80. The van der Waals surface area contributed by atoms with Gasteiger partial charge in [-0.1, -0.05) is 0 Å². The maximum absolute atomic E-state index is 12.8. The van der Waals surface area contributed by atoms with E-state index in [1.165, 1.54) is 11.8 Å². The van der Waals surface area contributed by atoms with E-state index < -0.39 is 12.2 Å². The lowest BCUT2D eigenvalue weighted by Crippen LogP contribution is -2.56. The van der Waals surface area contributed by atoms with Crippen molar-refractivity contribution in [1.29, 1.82) is 0 Å². The highest BCUT2D eigenvalue weighted by Crippen LogP contribution is 2.25. The van der Waals surface area contributed by atoms with E-state index in [2.05, 4.69) is 10.3 Å². The third kappa shape index (κ3) is 7.25. The van der Waals surface area contributed by atoms with Crippen molar-refractivity contribution in [3.05, 3.63) is 0 Å². The molecule has 1 fully saturated rings. The molecule has 0 aliphatic carbocycles. The molecule has 8 heteroatoms.